The molecule has 126 valence electrons. The van der Waals surface area contributed by atoms with Gasteiger partial charge in [0.05, 0.1) is 0 Å². The molecule has 1 saturated heterocycles. The number of nitrogens with zero attached hydrogens (tertiary/aromatic N) is 1. The van der Waals surface area contributed by atoms with E-state index in [1.54, 1.807) is 18.2 Å². The Morgan fingerprint density at radius 1 is 1.30 bits per heavy atom. The minimum Gasteiger partial charge on any atom is -0.387 e. The number of carbonyl (C=O) groups is 2. The van der Waals surface area contributed by atoms with E-state index in [-0.39, 0.29) is 11.9 Å². The van der Waals surface area contributed by atoms with E-state index in [9.17, 15) is 9.59 Å². The predicted molar refractivity (Wildman–Crippen MR) is 90.2 cm³/mol. The molecule has 1 aliphatic heterocycles. The fourth-order valence-electron chi connectivity index (χ4n) is 2.70. The number of carbonyl (C=O) groups excluding carboxylic acids is 2. The Labute approximate surface area is 136 Å². The topological polar surface area (TPSA) is 81.7 Å². The second kappa shape index (κ2) is 7.97. The Balaban J connectivity index is 1.94. The Kier molecular flexibility index (Phi) is 5.98. The number of aliphatic hydroxyl groups is 1. The van der Waals surface area contributed by atoms with Crippen molar-refractivity contribution in [3.63, 3.8) is 0 Å². The molecule has 0 bridgehead atoms. The minimum atomic E-state index is -0.556. The first-order valence-electron chi connectivity index (χ1n) is 8.05. The lowest BCUT2D eigenvalue weighted by Crippen LogP contribution is -2.45. The lowest BCUT2D eigenvalue weighted by atomic mass is 9.99. The van der Waals surface area contributed by atoms with Gasteiger partial charge in [0.15, 0.2) is 0 Å². The molecule has 2 rings (SSSR count). The van der Waals surface area contributed by atoms with E-state index in [2.05, 4.69) is 17.6 Å². The van der Waals surface area contributed by atoms with Crippen LogP contribution in [0.3, 0.4) is 0 Å². The maximum atomic E-state index is 12.5. The van der Waals surface area contributed by atoms with E-state index in [0.29, 0.717) is 11.6 Å². The van der Waals surface area contributed by atoms with Crippen molar-refractivity contribution in [2.24, 2.45) is 5.92 Å². The van der Waals surface area contributed by atoms with Crippen molar-refractivity contribution in [3.05, 3.63) is 24.3 Å². The van der Waals surface area contributed by atoms with Gasteiger partial charge in [-0.05, 0) is 43.9 Å². The second-order valence-electron chi connectivity index (χ2n) is 6.16. The molecule has 0 unspecified atom stereocenters. The SMILES string of the molecule is CC1CCN(C(=O)[C@@H](C)Nc2cccc(NC(=O)CO)c2)CC1. The third kappa shape index (κ3) is 4.96. The summed E-state index contributed by atoms with van der Waals surface area (Å²) >= 11 is 0. The number of nitrogens with one attached hydrogen (secondary N) is 2. The quantitative estimate of drug-likeness (QED) is 0.771. The molecule has 1 fully saturated rings. The van der Waals surface area contributed by atoms with Crippen LogP contribution in [0.2, 0.25) is 0 Å². The van der Waals surface area contributed by atoms with Gasteiger partial charge in [-0.2, -0.15) is 0 Å². The van der Waals surface area contributed by atoms with Crippen LogP contribution < -0.4 is 10.6 Å². The summed E-state index contributed by atoms with van der Waals surface area (Å²) in [6, 6.07) is 6.78. The molecule has 1 aliphatic rings. The van der Waals surface area contributed by atoms with Crippen LogP contribution in [0.5, 0.6) is 0 Å². The molecule has 1 aromatic rings. The second-order valence-corrected chi connectivity index (χ2v) is 6.16. The molecule has 6 nitrogen and oxygen atoms in total. The molecule has 1 heterocycles. The molecule has 23 heavy (non-hydrogen) atoms. The van der Waals surface area contributed by atoms with E-state index < -0.39 is 12.5 Å². The Bertz CT molecular complexity index is 554. The zero-order valence-electron chi connectivity index (χ0n) is 13.7. The monoisotopic (exact) mass is 319 g/mol. The van der Waals surface area contributed by atoms with Crippen molar-refractivity contribution in [2.45, 2.75) is 32.7 Å². The summed E-state index contributed by atoms with van der Waals surface area (Å²) in [5, 5.41) is 14.5. The van der Waals surface area contributed by atoms with Crippen molar-refractivity contribution < 1.29 is 14.7 Å². The van der Waals surface area contributed by atoms with Crippen molar-refractivity contribution in [1.82, 2.24) is 4.90 Å². The molecule has 0 aromatic heterocycles. The number of amides is 2. The third-order valence-electron chi connectivity index (χ3n) is 4.14. The molecular weight excluding hydrogens is 294 g/mol. The Morgan fingerprint density at radius 2 is 1.96 bits per heavy atom. The van der Waals surface area contributed by atoms with Gasteiger partial charge < -0.3 is 20.6 Å². The van der Waals surface area contributed by atoms with Gasteiger partial charge in [-0.3, -0.25) is 9.59 Å². The number of rotatable bonds is 5. The minimum absolute atomic E-state index is 0.0988. The summed E-state index contributed by atoms with van der Waals surface area (Å²) in [7, 11) is 0. The van der Waals surface area contributed by atoms with E-state index >= 15 is 0 Å². The van der Waals surface area contributed by atoms with Gasteiger partial charge in [0.1, 0.15) is 12.6 Å². The smallest absolute Gasteiger partial charge is 0.250 e. The number of aliphatic hydroxyl groups excluding tert-OH is 1. The molecule has 1 aromatic carbocycles. The number of likely N-dealkylation sites (tertiary alicyclic amines) is 1. The van der Waals surface area contributed by atoms with Crippen LogP contribution >= 0.6 is 0 Å². The van der Waals surface area contributed by atoms with E-state index in [1.165, 1.54) is 0 Å². The highest BCUT2D eigenvalue weighted by Gasteiger charge is 2.24. The van der Waals surface area contributed by atoms with Gasteiger partial charge >= 0.3 is 0 Å². The number of hydrogen-bond acceptors (Lipinski definition) is 4. The maximum Gasteiger partial charge on any atom is 0.250 e. The van der Waals surface area contributed by atoms with E-state index in [1.807, 2.05) is 17.9 Å². The summed E-state index contributed by atoms with van der Waals surface area (Å²) in [6.07, 6.45) is 2.11. The number of benzene rings is 1. The molecule has 0 aliphatic carbocycles. The Morgan fingerprint density at radius 3 is 2.61 bits per heavy atom. The van der Waals surface area contributed by atoms with E-state index in [0.717, 1.165) is 31.6 Å². The predicted octanol–water partition coefficient (Wildman–Crippen LogP) is 1.68. The molecule has 0 spiro atoms. The standard InChI is InChI=1S/C17H25N3O3/c1-12-6-8-20(9-7-12)17(23)13(2)18-14-4-3-5-15(10-14)19-16(22)11-21/h3-5,10,12-13,18,21H,6-9,11H2,1-2H3,(H,19,22)/t13-/m1/s1. The van der Waals surface area contributed by atoms with Gasteiger partial charge in [0.25, 0.3) is 0 Å². The molecule has 3 N–H and O–H groups in total. The van der Waals surface area contributed by atoms with Crippen LogP contribution in [0.25, 0.3) is 0 Å². The molecule has 0 radical (unpaired) electrons. The third-order valence-corrected chi connectivity index (χ3v) is 4.14. The highest BCUT2D eigenvalue weighted by Crippen LogP contribution is 2.19. The molecule has 0 saturated carbocycles. The summed E-state index contributed by atoms with van der Waals surface area (Å²) in [5.41, 5.74) is 1.34. The first-order valence-corrected chi connectivity index (χ1v) is 8.05. The van der Waals surface area contributed by atoms with Crippen LogP contribution in [-0.4, -0.2) is 47.6 Å². The fraction of sp³-hybridized carbons (Fsp3) is 0.529. The highest BCUT2D eigenvalue weighted by molar-refractivity contribution is 5.92. The molecule has 6 heteroatoms. The normalized spacial score (nSPS) is 16.7. The van der Waals surface area contributed by atoms with Gasteiger partial charge in [-0.25, -0.2) is 0 Å². The van der Waals surface area contributed by atoms with Crippen molar-refractivity contribution in [3.8, 4) is 0 Å². The summed E-state index contributed by atoms with van der Waals surface area (Å²) in [4.78, 5) is 25.6. The average molecular weight is 319 g/mol. The van der Waals surface area contributed by atoms with Gasteiger partial charge in [-0.1, -0.05) is 13.0 Å². The van der Waals surface area contributed by atoms with Gasteiger partial charge in [0.2, 0.25) is 11.8 Å². The molecule has 2 amide bonds. The Hall–Kier alpha value is -2.08. The summed E-state index contributed by atoms with van der Waals surface area (Å²) in [6.45, 7) is 5.15. The first kappa shape index (κ1) is 17.3. The summed E-state index contributed by atoms with van der Waals surface area (Å²) < 4.78 is 0. The average Bonchev–Trinajstić information content (AvgIpc) is 2.55. The fourth-order valence-corrected chi connectivity index (χ4v) is 2.70. The van der Waals surface area contributed by atoms with Gasteiger partial charge in [0, 0.05) is 24.5 Å². The summed E-state index contributed by atoms with van der Waals surface area (Å²) in [5.74, 6) is 0.324. The zero-order valence-corrected chi connectivity index (χ0v) is 13.7. The van der Waals surface area contributed by atoms with Crippen molar-refractivity contribution in [1.29, 1.82) is 0 Å². The van der Waals surface area contributed by atoms with E-state index in [4.69, 9.17) is 5.11 Å². The number of hydrogen-bond donors (Lipinski definition) is 3. The lowest BCUT2D eigenvalue weighted by Gasteiger charge is -2.32. The first-order chi connectivity index (χ1) is 11.0. The maximum absolute atomic E-state index is 12.5. The van der Waals surface area contributed by atoms with Crippen LogP contribution in [0.1, 0.15) is 26.7 Å². The molecular formula is C17H25N3O3. The molecule has 1 atom stereocenters. The zero-order chi connectivity index (χ0) is 16.8. The van der Waals surface area contributed by atoms with Gasteiger partial charge in [-0.15, -0.1) is 0 Å². The number of anilines is 2. The van der Waals surface area contributed by atoms with Crippen LogP contribution in [0.15, 0.2) is 24.3 Å². The van der Waals surface area contributed by atoms with Crippen LogP contribution in [0.4, 0.5) is 11.4 Å². The lowest BCUT2D eigenvalue weighted by molar-refractivity contribution is -0.133. The highest BCUT2D eigenvalue weighted by atomic mass is 16.3. The largest absolute Gasteiger partial charge is 0.387 e. The van der Waals surface area contributed by atoms with Crippen molar-refractivity contribution >= 4 is 23.2 Å². The van der Waals surface area contributed by atoms with Crippen LogP contribution in [-0.2, 0) is 9.59 Å². The van der Waals surface area contributed by atoms with Crippen LogP contribution in [0, 0.1) is 5.92 Å². The van der Waals surface area contributed by atoms with Crippen molar-refractivity contribution in [2.75, 3.05) is 30.3 Å². The number of piperidine rings is 1.